The molecule has 4 rings (SSSR count). The maximum atomic E-state index is 3.33. The van der Waals surface area contributed by atoms with E-state index in [1.807, 2.05) is 0 Å². The van der Waals surface area contributed by atoms with Crippen molar-refractivity contribution in [2.75, 3.05) is 0 Å². The molecule has 0 fully saturated rings. The van der Waals surface area contributed by atoms with E-state index in [1.54, 1.807) is 0 Å². The van der Waals surface area contributed by atoms with Crippen LogP contribution in [-0.4, -0.2) is 4.98 Å². The summed E-state index contributed by atoms with van der Waals surface area (Å²) in [5, 5.41) is 0. The third-order valence-electron chi connectivity index (χ3n) is 3.93. The van der Waals surface area contributed by atoms with E-state index < -0.39 is 0 Å². The number of aromatic amines is 1. The van der Waals surface area contributed by atoms with Crippen LogP contribution >= 0.6 is 0 Å². The summed E-state index contributed by atoms with van der Waals surface area (Å²) in [5.74, 6) is 0. The average Bonchev–Trinajstić information content (AvgIpc) is 3.01. The molecule has 2 aromatic carbocycles. The van der Waals surface area contributed by atoms with Crippen molar-refractivity contribution >= 4 is 0 Å². The molecule has 0 unspecified atom stereocenters. The van der Waals surface area contributed by atoms with Crippen molar-refractivity contribution in [3.05, 3.63) is 71.4 Å². The monoisotopic (exact) mass is 245 g/mol. The lowest BCUT2D eigenvalue weighted by atomic mass is 10.0. The van der Waals surface area contributed by atoms with Gasteiger partial charge < -0.3 is 4.98 Å². The van der Waals surface area contributed by atoms with Gasteiger partial charge in [0.05, 0.1) is 0 Å². The van der Waals surface area contributed by atoms with Crippen LogP contribution in [0.25, 0.3) is 22.4 Å². The first-order valence-corrected chi connectivity index (χ1v) is 6.68. The molecule has 0 saturated carbocycles. The minimum absolute atomic E-state index is 1.05. The van der Waals surface area contributed by atoms with Gasteiger partial charge >= 0.3 is 0 Å². The first-order valence-electron chi connectivity index (χ1n) is 6.68. The van der Waals surface area contributed by atoms with Crippen molar-refractivity contribution in [1.82, 2.24) is 4.98 Å². The Bertz CT molecular complexity index is 765. The fourth-order valence-corrected chi connectivity index (χ4v) is 2.98. The van der Waals surface area contributed by atoms with Gasteiger partial charge in [-0.15, -0.1) is 0 Å². The van der Waals surface area contributed by atoms with Crippen molar-refractivity contribution in [3.8, 4) is 22.4 Å². The van der Waals surface area contributed by atoms with E-state index in [4.69, 9.17) is 0 Å². The number of benzene rings is 2. The lowest BCUT2D eigenvalue weighted by Crippen LogP contribution is -1.83. The summed E-state index contributed by atoms with van der Waals surface area (Å²) in [6.45, 7) is 2.11. The lowest BCUT2D eigenvalue weighted by Gasteiger charge is -2.04. The van der Waals surface area contributed by atoms with Crippen LogP contribution in [-0.2, 0) is 6.42 Å². The number of nitrogens with one attached hydrogen (secondary N) is 1. The number of fused-ring (bicyclic) bond motifs is 3. The highest BCUT2D eigenvalue weighted by Gasteiger charge is 2.18. The van der Waals surface area contributed by atoms with E-state index in [0.29, 0.717) is 0 Å². The standard InChI is InChI=1S/C18H15N/c1-12-8-18(19-11-12)14-6-7-17-15(10-14)9-13-4-2-3-5-16(13)17/h2-8,10-11,19H,9H2,1H3. The minimum atomic E-state index is 1.05. The molecule has 1 aliphatic carbocycles. The molecule has 1 N–H and O–H groups in total. The minimum Gasteiger partial charge on any atom is -0.361 e. The van der Waals surface area contributed by atoms with Crippen LogP contribution in [0.1, 0.15) is 16.7 Å². The van der Waals surface area contributed by atoms with Gasteiger partial charge in [-0.05, 0) is 58.9 Å². The zero-order valence-electron chi connectivity index (χ0n) is 10.9. The molecule has 0 saturated heterocycles. The largest absolute Gasteiger partial charge is 0.361 e. The van der Waals surface area contributed by atoms with E-state index in [-0.39, 0.29) is 0 Å². The second-order valence-electron chi connectivity index (χ2n) is 5.30. The Hall–Kier alpha value is -2.28. The van der Waals surface area contributed by atoms with Crippen LogP contribution in [0.5, 0.6) is 0 Å². The van der Waals surface area contributed by atoms with Gasteiger partial charge in [-0.2, -0.15) is 0 Å². The Labute approximate surface area is 112 Å². The van der Waals surface area contributed by atoms with Gasteiger partial charge in [0.25, 0.3) is 0 Å². The van der Waals surface area contributed by atoms with Crippen LogP contribution < -0.4 is 0 Å². The summed E-state index contributed by atoms with van der Waals surface area (Å²) in [7, 11) is 0. The van der Waals surface area contributed by atoms with Gasteiger partial charge in [0.1, 0.15) is 0 Å². The molecule has 19 heavy (non-hydrogen) atoms. The van der Waals surface area contributed by atoms with E-state index in [2.05, 4.69) is 66.6 Å². The molecule has 1 aliphatic rings. The van der Waals surface area contributed by atoms with Gasteiger partial charge in [-0.3, -0.25) is 0 Å². The zero-order chi connectivity index (χ0) is 12.8. The number of H-pyrrole nitrogens is 1. The van der Waals surface area contributed by atoms with Crippen LogP contribution in [0.2, 0.25) is 0 Å². The fourth-order valence-electron chi connectivity index (χ4n) is 2.98. The molecular weight excluding hydrogens is 230 g/mol. The fraction of sp³-hybridized carbons (Fsp3) is 0.111. The smallest absolute Gasteiger partial charge is 0.0456 e. The molecule has 1 aromatic heterocycles. The van der Waals surface area contributed by atoms with Gasteiger partial charge in [0.2, 0.25) is 0 Å². The molecule has 0 atom stereocenters. The van der Waals surface area contributed by atoms with Crippen molar-refractivity contribution in [3.63, 3.8) is 0 Å². The molecule has 0 aliphatic heterocycles. The Morgan fingerprint density at radius 1 is 0.895 bits per heavy atom. The average molecular weight is 245 g/mol. The van der Waals surface area contributed by atoms with Crippen LogP contribution in [0, 0.1) is 6.92 Å². The maximum absolute atomic E-state index is 3.33. The normalized spacial score (nSPS) is 12.3. The molecule has 0 bridgehead atoms. The molecule has 0 radical (unpaired) electrons. The van der Waals surface area contributed by atoms with Crippen LogP contribution in [0.15, 0.2) is 54.7 Å². The SMILES string of the molecule is Cc1c[nH]c(-c2ccc3c(c2)Cc2ccccc2-3)c1. The lowest BCUT2D eigenvalue weighted by molar-refractivity contribution is 1.26. The van der Waals surface area contributed by atoms with E-state index in [9.17, 15) is 0 Å². The van der Waals surface area contributed by atoms with Crippen LogP contribution in [0.4, 0.5) is 0 Å². The Balaban J connectivity index is 1.83. The van der Waals surface area contributed by atoms with Gasteiger partial charge in [-0.1, -0.05) is 36.4 Å². The van der Waals surface area contributed by atoms with Gasteiger partial charge in [0.15, 0.2) is 0 Å². The Morgan fingerprint density at radius 2 is 1.74 bits per heavy atom. The molecule has 0 amide bonds. The zero-order valence-corrected chi connectivity index (χ0v) is 10.9. The highest BCUT2D eigenvalue weighted by atomic mass is 14.7. The topological polar surface area (TPSA) is 15.8 Å². The first kappa shape index (κ1) is 10.6. The van der Waals surface area contributed by atoms with Crippen molar-refractivity contribution in [2.45, 2.75) is 13.3 Å². The molecule has 1 heteroatoms. The van der Waals surface area contributed by atoms with Crippen molar-refractivity contribution in [1.29, 1.82) is 0 Å². The number of hydrogen-bond donors (Lipinski definition) is 1. The quantitative estimate of drug-likeness (QED) is 0.506. The highest BCUT2D eigenvalue weighted by Crippen LogP contribution is 2.38. The number of aromatic nitrogens is 1. The number of aryl methyl sites for hydroxylation is 1. The third kappa shape index (κ3) is 1.62. The molecule has 1 nitrogen and oxygen atoms in total. The summed E-state index contributed by atoms with van der Waals surface area (Å²) in [4.78, 5) is 3.33. The van der Waals surface area contributed by atoms with Crippen molar-refractivity contribution < 1.29 is 0 Å². The number of rotatable bonds is 1. The van der Waals surface area contributed by atoms with Gasteiger partial charge in [-0.25, -0.2) is 0 Å². The Morgan fingerprint density at radius 3 is 2.58 bits per heavy atom. The summed E-state index contributed by atoms with van der Waals surface area (Å²) in [6, 6.07) is 17.7. The third-order valence-corrected chi connectivity index (χ3v) is 3.93. The van der Waals surface area contributed by atoms with E-state index in [1.165, 1.54) is 39.1 Å². The number of hydrogen-bond acceptors (Lipinski definition) is 0. The summed E-state index contributed by atoms with van der Waals surface area (Å²) >= 11 is 0. The van der Waals surface area contributed by atoms with E-state index in [0.717, 1.165) is 6.42 Å². The predicted molar refractivity (Wildman–Crippen MR) is 79.2 cm³/mol. The molecule has 92 valence electrons. The molecular formula is C18H15N. The highest BCUT2D eigenvalue weighted by molar-refractivity contribution is 5.79. The van der Waals surface area contributed by atoms with Gasteiger partial charge in [0, 0.05) is 11.9 Å². The summed E-state index contributed by atoms with van der Waals surface area (Å²) in [6.07, 6.45) is 3.11. The second kappa shape index (κ2) is 3.86. The summed E-state index contributed by atoms with van der Waals surface area (Å²) in [5.41, 5.74) is 9.42. The second-order valence-corrected chi connectivity index (χ2v) is 5.30. The van der Waals surface area contributed by atoms with E-state index >= 15 is 0 Å². The molecule has 0 spiro atoms. The summed E-state index contributed by atoms with van der Waals surface area (Å²) < 4.78 is 0. The van der Waals surface area contributed by atoms with Crippen LogP contribution in [0.3, 0.4) is 0 Å². The molecule has 1 heterocycles. The van der Waals surface area contributed by atoms with Crippen molar-refractivity contribution in [2.24, 2.45) is 0 Å². The first-order chi connectivity index (χ1) is 9.31. The predicted octanol–water partition coefficient (Wildman–Crippen LogP) is 4.56. The maximum Gasteiger partial charge on any atom is 0.0456 e. The molecule has 3 aromatic rings. The Kier molecular flexibility index (Phi) is 2.16.